The van der Waals surface area contributed by atoms with Gasteiger partial charge in [-0.1, -0.05) is 62.4 Å². The number of furan rings is 1. The van der Waals surface area contributed by atoms with Crippen molar-refractivity contribution in [3.8, 4) is 11.3 Å². The molecule has 0 amide bonds. The Hall–Kier alpha value is -3.20. The molecule has 5 rings (SSSR count). The highest BCUT2D eigenvalue weighted by Gasteiger charge is 2.17. The van der Waals surface area contributed by atoms with Crippen molar-refractivity contribution in [1.29, 1.82) is 0 Å². The van der Waals surface area contributed by atoms with E-state index in [0.717, 1.165) is 49.9 Å². The van der Waals surface area contributed by atoms with Gasteiger partial charge in [-0.2, -0.15) is 0 Å². The lowest BCUT2D eigenvalue weighted by molar-refractivity contribution is 0.669. The summed E-state index contributed by atoms with van der Waals surface area (Å²) in [7, 11) is 0. The zero-order valence-electron chi connectivity index (χ0n) is 14.7. The normalized spacial score (nSPS) is 11.8. The number of rotatable bonds is 2. The molecule has 0 saturated carbocycles. The highest BCUT2D eigenvalue weighted by Crippen LogP contribution is 2.38. The summed E-state index contributed by atoms with van der Waals surface area (Å²) >= 11 is 0. The Bertz CT molecular complexity index is 1270. The fraction of sp³-hybridized carbons (Fsp3) is 0.130. The molecule has 0 radical (unpaired) electrons. The summed E-state index contributed by atoms with van der Waals surface area (Å²) < 4.78 is 6.06. The van der Waals surface area contributed by atoms with Crippen molar-refractivity contribution in [2.75, 3.05) is 0 Å². The number of hydrogen-bond donors (Lipinski definition) is 0. The third-order valence-corrected chi connectivity index (χ3v) is 4.79. The molecule has 0 aliphatic heterocycles. The largest absolute Gasteiger partial charge is 0.456 e. The second kappa shape index (κ2) is 5.67. The fourth-order valence-electron chi connectivity index (χ4n) is 3.53. The van der Waals surface area contributed by atoms with Gasteiger partial charge >= 0.3 is 0 Å². The third kappa shape index (κ3) is 2.21. The second-order valence-corrected chi connectivity index (χ2v) is 6.88. The molecule has 2 aromatic heterocycles. The van der Waals surface area contributed by atoms with Crippen molar-refractivity contribution in [2.24, 2.45) is 0 Å². The SMILES string of the molecule is CC(C)c1nc(-c2cccc3oc4ccccc4c23)c2ccccc2n1. The van der Waals surface area contributed by atoms with Crippen LogP contribution in [0, 0.1) is 0 Å². The number of benzene rings is 3. The summed E-state index contributed by atoms with van der Waals surface area (Å²) in [6, 6.07) is 22.6. The summed E-state index contributed by atoms with van der Waals surface area (Å²) in [5.74, 6) is 1.13. The summed E-state index contributed by atoms with van der Waals surface area (Å²) in [5.41, 5.74) is 4.82. The number of nitrogens with zero attached hydrogens (tertiary/aromatic N) is 2. The Morgan fingerprint density at radius 3 is 2.31 bits per heavy atom. The maximum Gasteiger partial charge on any atom is 0.136 e. The van der Waals surface area contributed by atoms with Gasteiger partial charge in [0, 0.05) is 27.6 Å². The van der Waals surface area contributed by atoms with Crippen LogP contribution in [0.1, 0.15) is 25.6 Å². The molecule has 126 valence electrons. The van der Waals surface area contributed by atoms with Gasteiger partial charge < -0.3 is 4.42 Å². The van der Waals surface area contributed by atoms with E-state index in [1.54, 1.807) is 0 Å². The minimum Gasteiger partial charge on any atom is -0.456 e. The lowest BCUT2D eigenvalue weighted by Crippen LogP contribution is -2.00. The van der Waals surface area contributed by atoms with E-state index in [2.05, 4.69) is 38.1 Å². The summed E-state index contributed by atoms with van der Waals surface area (Å²) in [5, 5.41) is 3.29. The highest BCUT2D eigenvalue weighted by atomic mass is 16.3. The molecule has 26 heavy (non-hydrogen) atoms. The Balaban J connectivity index is 1.94. The van der Waals surface area contributed by atoms with Crippen LogP contribution in [0.5, 0.6) is 0 Å². The van der Waals surface area contributed by atoms with Gasteiger partial charge in [0.15, 0.2) is 0 Å². The van der Waals surface area contributed by atoms with Gasteiger partial charge in [0.25, 0.3) is 0 Å². The Morgan fingerprint density at radius 2 is 1.46 bits per heavy atom. The van der Waals surface area contributed by atoms with Gasteiger partial charge in [0.1, 0.15) is 17.0 Å². The molecular weight excluding hydrogens is 320 g/mol. The first-order valence-corrected chi connectivity index (χ1v) is 8.89. The van der Waals surface area contributed by atoms with E-state index in [0.29, 0.717) is 0 Å². The van der Waals surface area contributed by atoms with E-state index in [1.165, 1.54) is 0 Å². The highest BCUT2D eigenvalue weighted by molar-refractivity contribution is 6.14. The molecule has 0 N–H and O–H groups in total. The zero-order valence-corrected chi connectivity index (χ0v) is 14.7. The Kier molecular flexibility index (Phi) is 3.29. The average molecular weight is 338 g/mol. The number of hydrogen-bond acceptors (Lipinski definition) is 3. The van der Waals surface area contributed by atoms with Crippen molar-refractivity contribution in [3.63, 3.8) is 0 Å². The van der Waals surface area contributed by atoms with Crippen LogP contribution in [0.2, 0.25) is 0 Å². The molecular formula is C23H18N2O. The van der Waals surface area contributed by atoms with Crippen LogP contribution >= 0.6 is 0 Å². The van der Waals surface area contributed by atoms with Crippen LogP contribution in [0.25, 0.3) is 44.1 Å². The second-order valence-electron chi connectivity index (χ2n) is 6.88. The molecule has 0 aliphatic carbocycles. The van der Waals surface area contributed by atoms with Gasteiger partial charge in [-0.05, 0) is 18.2 Å². The first kappa shape index (κ1) is 15.1. The molecule has 3 aromatic carbocycles. The minimum atomic E-state index is 0.263. The number of para-hydroxylation sites is 2. The van der Waals surface area contributed by atoms with Crippen molar-refractivity contribution in [1.82, 2.24) is 9.97 Å². The maximum absolute atomic E-state index is 6.06. The van der Waals surface area contributed by atoms with Gasteiger partial charge in [-0.15, -0.1) is 0 Å². The summed E-state index contributed by atoms with van der Waals surface area (Å²) in [4.78, 5) is 9.71. The van der Waals surface area contributed by atoms with Gasteiger partial charge in [0.05, 0.1) is 11.2 Å². The van der Waals surface area contributed by atoms with Crippen molar-refractivity contribution in [3.05, 3.63) is 72.6 Å². The number of fused-ring (bicyclic) bond motifs is 4. The van der Waals surface area contributed by atoms with Crippen LogP contribution < -0.4 is 0 Å². The molecule has 2 heterocycles. The predicted octanol–water partition coefficient (Wildman–Crippen LogP) is 6.32. The quantitative estimate of drug-likeness (QED) is 0.378. The molecule has 3 heteroatoms. The molecule has 3 nitrogen and oxygen atoms in total. The predicted molar refractivity (Wildman–Crippen MR) is 106 cm³/mol. The van der Waals surface area contributed by atoms with E-state index >= 15 is 0 Å². The molecule has 0 unspecified atom stereocenters. The first-order chi connectivity index (χ1) is 12.7. The topological polar surface area (TPSA) is 38.9 Å². The lowest BCUT2D eigenvalue weighted by Gasteiger charge is -2.11. The van der Waals surface area contributed by atoms with E-state index < -0.39 is 0 Å². The smallest absolute Gasteiger partial charge is 0.136 e. The van der Waals surface area contributed by atoms with Crippen LogP contribution in [0.15, 0.2) is 71.1 Å². The van der Waals surface area contributed by atoms with E-state index in [1.807, 2.05) is 42.5 Å². The molecule has 0 spiro atoms. The Morgan fingerprint density at radius 1 is 0.731 bits per heavy atom. The van der Waals surface area contributed by atoms with E-state index in [-0.39, 0.29) is 5.92 Å². The standard InChI is InChI=1S/C23H18N2O/c1-14(2)23-24-18-11-5-3-8-15(18)22(25-23)17-10-7-13-20-21(17)16-9-4-6-12-19(16)26-20/h3-14H,1-2H3. The Labute approximate surface area is 151 Å². The molecule has 0 saturated heterocycles. The van der Waals surface area contributed by atoms with Gasteiger partial charge in [-0.25, -0.2) is 9.97 Å². The first-order valence-electron chi connectivity index (χ1n) is 8.89. The molecule has 0 aliphatic rings. The summed E-state index contributed by atoms with van der Waals surface area (Å²) in [6.45, 7) is 4.25. The molecule has 0 fully saturated rings. The molecule has 0 bridgehead atoms. The van der Waals surface area contributed by atoms with E-state index in [9.17, 15) is 0 Å². The minimum absolute atomic E-state index is 0.263. The lowest BCUT2D eigenvalue weighted by atomic mass is 10.00. The molecule has 0 atom stereocenters. The van der Waals surface area contributed by atoms with Crippen LogP contribution in [0.4, 0.5) is 0 Å². The maximum atomic E-state index is 6.06. The van der Waals surface area contributed by atoms with Crippen LogP contribution in [0.3, 0.4) is 0 Å². The zero-order chi connectivity index (χ0) is 17.7. The third-order valence-electron chi connectivity index (χ3n) is 4.79. The molecule has 5 aromatic rings. The average Bonchev–Trinajstić information content (AvgIpc) is 3.06. The number of aromatic nitrogens is 2. The van der Waals surface area contributed by atoms with Crippen molar-refractivity contribution < 1.29 is 4.42 Å². The summed E-state index contributed by atoms with van der Waals surface area (Å²) in [6.07, 6.45) is 0. The fourth-order valence-corrected chi connectivity index (χ4v) is 3.53. The van der Waals surface area contributed by atoms with E-state index in [4.69, 9.17) is 14.4 Å². The van der Waals surface area contributed by atoms with Crippen molar-refractivity contribution >= 4 is 32.8 Å². The van der Waals surface area contributed by atoms with Crippen molar-refractivity contribution in [2.45, 2.75) is 19.8 Å². The monoisotopic (exact) mass is 338 g/mol. The van der Waals surface area contributed by atoms with Gasteiger partial charge in [0.2, 0.25) is 0 Å². The van der Waals surface area contributed by atoms with Crippen LogP contribution in [-0.2, 0) is 0 Å². The van der Waals surface area contributed by atoms with Crippen LogP contribution in [-0.4, -0.2) is 9.97 Å². The van der Waals surface area contributed by atoms with Gasteiger partial charge in [-0.3, -0.25) is 0 Å².